The predicted molar refractivity (Wildman–Crippen MR) is 53.0 cm³/mol. The minimum Gasteiger partial charge on any atom is -0.447 e. The molecule has 7 nitrogen and oxygen atoms in total. The zero-order chi connectivity index (χ0) is 12.2. The number of fused-ring (bicyclic) bond motifs is 1. The Labute approximate surface area is 98.0 Å². The number of hydrogen-bond acceptors (Lipinski definition) is 6. The van der Waals surface area contributed by atoms with Crippen LogP contribution in [-0.2, 0) is 18.9 Å². The Morgan fingerprint density at radius 1 is 1.35 bits per heavy atom. The van der Waals surface area contributed by atoms with Gasteiger partial charge in [-0.1, -0.05) is 0 Å². The number of alkyl carbamates (subject to hydrolysis) is 1. The van der Waals surface area contributed by atoms with E-state index in [4.69, 9.17) is 18.9 Å². The van der Waals surface area contributed by atoms with Crippen LogP contribution in [0.1, 0.15) is 13.8 Å². The van der Waals surface area contributed by atoms with Gasteiger partial charge >= 0.3 is 6.09 Å². The molecule has 0 bridgehead atoms. The van der Waals surface area contributed by atoms with Crippen molar-refractivity contribution in [2.75, 3.05) is 6.61 Å². The summed E-state index contributed by atoms with van der Waals surface area (Å²) in [6.45, 7) is 3.71. The molecule has 3 heterocycles. The molecule has 3 saturated heterocycles. The number of aliphatic hydroxyl groups is 1. The fourth-order valence-electron chi connectivity index (χ4n) is 2.43. The Morgan fingerprint density at radius 3 is 2.71 bits per heavy atom. The first kappa shape index (κ1) is 11.2. The summed E-state index contributed by atoms with van der Waals surface area (Å²) in [5.74, 6) is -0.753. The van der Waals surface area contributed by atoms with Crippen LogP contribution in [0.15, 0.2) is 0 Å². The smallest absolute Gasteiger partial charge is 0.407 e. The maximum atomic E-state index is 10.9. The number of cyclic esters (lactones) is 1. The third-order valence-corrected chi connectivity index (χ3v) is 3.15. The van der Waals surface area contributed by atoms with E-state index in [-0.39, 0.29) is 12.6 Å². The number of ether oxygens (including phenoxy) is 4. The molecule has 7 heteroatoms. The predicted octanol–water partition coefficient (Wildman–Crippen LogP) is -0.668. The first-order valence-corrected chi connectivity index (χ1v) is 5.59. The largest absolute Gasteiger partial charge is 0.447 e. The monoisotopic (exact) mass is 245 g/mol. The Kier molecular flexibility index (Phi) is 2.34. The van der Waals surface area contributed by atoms with E-state index in [1.54, 1.807) is 13.8 Å². The molecular formula is C10H15NO6. The van der Waals surface area contributed by atoms with Crippen molar-refractivity contribution in [2.24, 2.45) is 0 Å². The fraction of sp³-hybridized carbons (Fsp3) is 0.900. The Bertz CT molecular complexity index is 346. The molecule has 0 saturated carbocycles. The van der Waals surface area contributed by atoms with E-state index in [1.807, 2.05) is 0 Å². The van der Waals surface area contributed by atoms with E-state index in [0.717, 1.165) is 0 Å². The average Bonchev–Trinajstić information content (AvgIpc) is 2.83. The van der Waals surface area contributed by atoms with Crippen LogP contribution in [0.5, 0.6) is 0 Å². The lowest BCUT2D eigenvalue weighted by molar-refractivity contribution is -0.217. The highest BCUT2D eigenvalue weighted by Crippen LogP contribution is 2.38. The van der Waals surface area contributed by atoms with Crippen molar-refractivity contribution in [3.05, 3.63) is 0 Å². The van der Waals surface area contributed by atoms with Crippen LogP contribution < -0.4 is 5.32 Å². The van der Waals surface area contributed by atoms with Gasteiger partial charge in [0.05, 0.1) is 6.04 Å². The highest BCUT2D eigenvalue weighted by Gasteiger charge is 2.56. The lowest BCUT2D eigenvalue weighted by Crippen LogP contribution is -2.46. The highest BCUT2D eigenvalue weighted by molar-refractivity contribution is 5.69. The third-order valence-electron chi connectivity index (χ3n) is 3.15. The molecule has 0 radical (unpaired) electrons. The molecule has 3 rings (SSSR count). The summed E-state index contributed by atoms with van der Waals surface area (Å²) in [5, 5.41) is 12.7. The van der Waals surface area contributed by atoms with Gasteiger partial charge in [-0.25, -0.2) is 4.79 Å². The van der Waals surface area contributed by atoms with E-state index in [0.29, 0.717) is 0 Å². The Hall–Kier alpha value is -0.890. The third kappa shape index (κ3) is 1.79. The molecule has 5 atom stereocenters. The van der Waals surface area contributed by atoms with Crippen molar-refractivity contribution < 1.29 is 28.8 Å². The minimum atomic E-state index is -0.839. The first-order chi connectivity index (χ1) is 7.96. The summed E-state index contributed by atoms with van der Waals surface area (Å²) < 4.78 is 21.4. The molecule has 3 aliphatic rings. The Balaban J connectivity index is 1.70. The van der Waals surface area contributed by atoms with Crippen molar-refractivity contribution in [3.8, 4) is 0 Å². The lowest BCUT2D eigenvalue weighted by Gasteiger charge is -2.25. The van der Waals surface area contributed by atoms with Crippen LogP contribution in [0.4, 0.5) is 4.79 Å². The fourth-order valence-corrected chi connectivity index (χ4v) is 2.43. The Morgan fingerprint density at radius 2 is 2.12 bits per heavy atom. The van der Waals surface area contributed by atoms with Crippen LogP contribution >= 0.6 is 0 Å². The lowest BCUT2D eigenvalue weighted by atomic mass is 10.0. The summed E-state index contributed by atoms with van der Waals surface area (Å²) >= 11 is 0. The van der Waals surface area contributed by atoms with Gasteiger partial charge in [-0.3, -0.25) is 0 Å². The van der Waals surface area contributed by atoms with Gasteiger partial charge in [0.2, 0.25) is 0 Å². The van der Waals surface area contributed by atoms with E-state index >= 15 is 0 Å². The number of rotatable bonds is 1. The van der Waals surface area contributed by atoms with Gasteiger partial charge in [0, 0.05) is 0 Å². The summed E-state index contributed by atoms with van der Waals surface area (Å²) in [6, 6.07) is -0.363. The number of carbonyl (C=O) groups excluding carboxylic acids is 1. The van der Waals surface area contributed by atoms with E-state index in [1.165, 1.54) is 0 Å². The summed E-state index contributed by atoms with van der Waals surface area (Å²) in [7, 11) is 0. The second-order valence-electron chi connectivity index (χ2n) is 4.91. The minimum absolute atomic E-state index is 0.184. The second kappa shape index (κ2) is 3.55. The van der Waals surface area contributed by atoms with Gasteiger partial charge in [0.25, 0.3) is 0 Å². The zero-order valence-electron chi connectivity index (χ0n) is 9.58. The van der Waals surface area contributed by atoms with Gasteiger partial charge in [-0.05, 0) is 13.8 Å². The van der Waals surface area contributed by atoms with Crippen molar-refractivity contribution in [3.63, 3.8) is 0 Å². The molecule has 0 aliphatic carbocycles. The number of aliphatic hydroxyl groups excluding tert-OH is 1. The molecule has 2 N–H and O–H groups in total. The van der Waals surface area contributed by atoms with E-state index in [2.05, 4.69) is 5.32 Å². The van der Waals surface area contributed by atoms with Crippen molar-refractivity contribution in [1.29, 1.82) is 0 Å². The van der Waals surface area contributed by atoms with Gasteiger partial charge in [-0.15, -0.1) is 0 Å². The van der Waals surface area contributed by atoms with Crippen molar-refractivity contribution in [2.45, 2.75) is 50.3 Å². The highest BCUT2D eigenvalue weighted by atomic mass is 16.8. The molecule has 3 fully saturated rings. The van der Waals surface area contributed by atoms with Crippen LogP contribution in [0.25, 0.3) is 0 Å². The number of amides is 1. The number of hydrogen-bond donors (Lipinski definition) is 2. The SMILES string of the molecule is CC1(C)O[C@H]2O[C@H]([C@H]3COC(=O)N3)[C@@H](O)[C@H]2O1. The first-order valence-electron chi connectivity index (χ1n) is 5.59. The second-order valence-corrected chi connectivity index (χ2v) is 4.91. The maximum absolute atomic E-state index is 10.9. The van der Waals surface area contributed by atoms with Gasteiger partial charge < -0.3 is 29.4 Å². The molecular weight excluding hydrogens is 230 g/mol. The molecule has 96 valence electrons. The number of nitrogens with one attached hydrogen (secondary N) is 1. The summed E-state index contributed by atoms with van der Waals surface area (Å²) in [4.78, 5) is 10.9. The molecule has 17 heavy (non-hydrogen) atoms. The molecule has 0 aromatic carbocycles. The summed E-state index contributed by atoms with van der Waals surface area (Å²) in [5.41, 5.74) is 0. The molecule has 0 unspecified atom stereocenters. The van der Waals surface area contributed by atoms with Gasteiger partial charge in [-0.2, -0.15) is 0 Å². The topological polar surface area (TPSA) is 86.3 Å². The molecule has 0 aromatic rings. The molecule has 3 aliphatic heterocycles. The van der Waals surface area contributed by atoms with E-state index in [9.17, 15) is 9.90 Å². The molecule has 1 amide bonds. The van der Waals surface area contributed by atoms with Crippen LogP contribution in [-0.4, -0.2) is 54.2 Å². The van der Waals surface area contributed by atoms with E-state index < -0.39 is 36.5 Å². The average molecular weight is 245 g/mol. The molecule has 0 spiro atoms. The normalized spacial score (nSPS) is 47.7. The molecule has 0 aromatic heterocycles. The quantitative estimate of drug-likeness (QED) is 0.637. The maximum Gasteiger partial charge on any atom is 0.407 e. The van der Waals surface area contributed by atoms with Crippen molar-refractivity contribution >= 4 is 6.09 Å². The summed E-state index contributed by atoms with van der Waals surface area (Å²) in [6.07, 6.45) is -3.01. The van der Waals surface area contributed by atoms with Crippen molar-refractivity contribution in [1.82, 2.24) is 5.32 Å². The zero-order valence-corrected chi connectivity index (χ0v) is 9.58. The van der Waals surface area contributed by atoms with Crippen LogP contribution in [0.2, 0.25) is 0 Å². The van der Waals surface area contributed by atoms with Crippen LogP contribution in [0.3, 0.4) is 0 Å². The number of carbonyl (C=O) groups is 1. The standard InChI is InChI=1S/C10H15NO6/c1-10(2)16-7-5(12)6(15-8(7)17-10)4-3-14-9(13)11-4/h4-8,12H,3H2,1-2H3,(H,11,13)/t4-,5-,6-,7-,8-/m1/s1. The van der Waals surface area contributed by atoms with Crippen LogP contribution in [0, 0.1) is 0 Å². The van der Waals surface area contributed by atoms with Gasteiger partial charge in [0.1, 0.15) is 24.9 Å². The van der Waals surface area contributed by atoms with Gasteiger partial charge in [0.15, 0.2) is 12.1 Å².